The predicted molar refractivity (Wildman–Crippen MR) is 92.2 cm³/mol. The highest BCUT2D eigenvalue weighted by atomic mass is 127. The molecule has 1 saturated heterocycles. The number of fused-ring (bicyclic) bond motifs is 5. The van der Waals surface area contributed by atoms with Gasteiger partial charge in [-0.25, -0.2) is 0 Å². The zero-order valence-electron chi connectivity index (χ0n) is 12.2. The molecular formula is C17H15IN2O3. The van der Waals surface area contributed by atoms with Crippen LogP contribution in [0.25, 0.3) is 0 Å². The third-order valence-electron chi connectivity index (χ3n) is 4.99. The standard InChI is InChI=1S/C17H15IN2O3/c18-11-3-5-12(6-4-11)19-13(21)8-20-16(22)14-9-1-2-10(7-9)15(14)17(20)23/h1-6,9-10,14-15H,7-8H2,(H,19,21)/t9-,10-,14-,15+/m0/s1. The number of hydrogen-bond acceptors (Lipinski definition) is 3. The van der Waals surface area contributed by atoms with Crippen LogP contribution < -0.4 is 5.32 Å². The van der Waals surface area contributed by atoms with Crippen LogP contribution in [0.2, 0.25) is 0 Å². The quantitative estimate of drug-likeness (QED) is 0.461. The maximum atomic E-state index is 12.5. The van der Waals surface area contributed by atoms with E-state index in [9.17, 15) is 14.4 Å². The van der Waals surface area contributed by atoms with Crippen LogP contribution in [0.1, 0.15) is 6.42 Å². The van der Waals surface area contributed by atoms with Crippen LogP contribution in [0.15, 0.2) is 36.4 Å². The Bertz CT molecular complexity index is 698. The largest absolute Gasteiger partial charge is 0.325 e. The minimum Gasteiger partial charge on any atom is -0.325 e. The third kappa shape index (κ3) is 2.39. The van der Waals surface area contributed by atoms with Gasteiger partial charge in [-0.2, -0.15) is 0 Å². The molecule has 1 saturated carbocycles. The number of amides is 3. The highest BCUT2D eigenvalue weighted by Crippen LogP contribution is 2.52. The average Bonchev–Trinajstić information content (AvgIpc) is 3.19. The predicted octanol–water partition coefficient (Wildman–Crippen LogP) is 2.04. The second-order valence-electron chi connectivity index (χ2n) is 6.32. The molecule has 4 atom stereocenters. The van der Waals surface area contributed by atoms with E-state index in [1.165, 1.54) is 0 Å². The van der Waals surface area contributed by atoms with Crippen molar-refractivity contribution in [2.24, 2.45) is 23.7 Å². The minimum atomic E-state index is -0.340. The van der Waals surface area contributed by atoms with Crippen LogP contribution in [0, 0.1) is 27.2 Å². The minimum absolute atomic E-state index is 0.172. The molecule has 1 heterocycles. The van der Waals surface area contributed by atoms with Crippen molar-refractivity contribution < 1.29 is 14.4 Å². The van der Waals surface area contributed by atoms with Crippen molar-refractivity contribution in [2.75, 3.05) is 11.9 Å². The zero-order chi connectivity index (χ0) is 16.1. The van der Waals surface area contributed by atoms with E-state index >= 15 is 0 Å². The number of benzene rings is 1. The molecular weight excluding hydrogens is 407 g/mol. The molecule has 3 aliphatic rings. The monoisotopic (exact) mass is 422 g/mol. The summed E-state index contributed by atoms with van der Waals surface area (Å²) in [4.78, 5) is 38.3. The average molecular weight is 422 g/mol. The Kier molecular flexibility index (Phi) is 3.51. The fourth-order valence-corrected chi connectivity index (χ4v) is 4.36. The number of anilines is 1. The van der Waals surface area contributed by atoms with Gasteiger partial charge in [-0.15, -0.1) is 0 Å². The van der Waals surface area contributed by atoms with Gasteiger partial charge >= 0.3 is 0 Å². The first-order valence-corrected chi connectivity index (χ1v) is 8.71. The molecule has 1 aromatic carbocycles. The number of carbonyl (C=O) groups is 3. The van der Waals surface area contributed by atoms with Gasteiger partial charge in [0, 0.05) is 9.26 Å². The molecule has 23 heavy (non-hydrogen) atoms. The molecule has 118 valence electrons. The molecule has 2 fully saturated rings. The van der Waals surface area contributed by atoms with Crippen molar-refractivity contribution in [3.05, 3.63) is 40.0 Å². The lowest BCUT2D eigenvalue weighted by atomic mass is 9.85. The van der Waals surface area contributed by atoms with Crippen molar-refractivity contribution in [2.45, 2.75) is 6.42 Å². The number of carbonyl (C=O) groups excluding carboxylic acids is 3. The number of rotatable bonds is 3. The van der Waals surface area contributed by atoms with Gasteiger partial charge < -0.3 is 5.32 Å². The SMILES string of the molecule is O=C(CN1C(=O)[C@@H]2[C@H](C1=O)[C@H]1C=C[C@H]2C1)Nc1ccc(I)cc1. The van der Waals surface area contributed by atoms with Gasteiger partial charge in [-0.3, -0.25) is 19.3 Å². The van der Waals surface area contributed by atoms with Crippen LogP contribution in [0.5, 0.6) is 0 Å². The number of likely N-dealkylation sites (tertiary alicyclic amines) is 1. The van der Waals surface area contributed by atoms with Crippen molar-refractivity contribution >= 4 is 46.0 Å². The Morgan fingerprint density at radius 3 is 2.22 bits per heavy atom. The van der Waals surface area contributed by atoms with Crippen molar-refractivity contribution in [3.8, 4) is 0 Å². The number of nitrogens with zero attached hydrogens (tertiary/aromatic N) is 1. The normalized spacial score (nSPS) is 30.9. The lowest BCUT2D eigenvalue weighted by molar-refractivity contribution is -0.143. The van der Waals surface area contributed by atoms with E-state index in [0.29, 0.717) is 5.69 Å². The Labute approximate surface area is 147 Å². The molecule has 0 spiro atoms. The third-order valence-corrected chi connectivity index (χ3v) is 5.71. The number of hydrogen-bond donors (Lipinski definition) is 1. The molecule has 5 nitrogen and oxygen atoms in total. The summed E-state index contributed by atoms with van der Waals surface area (Å²) in [5.74, 6) is -0.860. The summed E-state index contributed by atoms with van der Waals surface area (Å²) in [6, 6.07) is 7.37. The first kappa shape index (κ1) is 14.9. The highest BCUT2D eigenvalue weighted by molar-refractivity contribution is 14.1. The molecule has 2 bridgehead atoms. The molecule has 3 amide bonds. The number of imide groups is 1. The van der Waals surface area contributed by atoms with E-state index in [0.717, 1.165) is 14.9 Å². The van der Waals surface area contributed by atoms with Crippen LogP contribution in [-0.2, 0) is 14.4 Å². The molecule has 1 aliphatic heterocycles. The first-order chi connectivity index (χ1) is 11.0. The molecule has 1 aromatic rings. The molecule has 0 aromatic heterocycles. The fourth-order valence-electron chi connectivity index (χ4n) is 4.00. The van der Waals surface area contributed by atoms with Gasteiger partial charge in [0.1, 0.15) is 6.54 Å². The Morgan fingerprint density at radius 1 is 1.09 bits per heavy atom. The second-order valence-corrected chi connectivity index (χ2v) is 7.56. The van der Waals surface area contributed by atoms with E-state index in [2.05, 4.69) is 27.9 Å². The number of allylic oxidation sites excluding steroid dienone is 2. The molecule has 4 rings (SSSR count). The van der Waals surface area contributed by atoms with Crippen molar-refractivity contribution in [1.82, 2.24) is 4.90 Å². The highest BCUT2D eigenvalue weighted by Gasteiger charge is 2.59. The van der Waals surface area contributed by atoms with Gasteiger partial charge in [0.05, 0.1) is 11.8 Å². The summed E-state index contributed by atoms with van der Waals surface area (Å²) in [5, 5.41) is 2.74. The molecule has 0 unspecified atom stereocenters. The Balaban J connectivity index is 1.45. The van der Waals surface area contributed by atoms with Crippen LogP contribution in [0.4, 0.5) is 5.69 Å². The van der Waals surface area contributed by atoms with E-state index in [-0.39, 0.29) is 47.9 Å². The van der Waals surface area contributed by atoms with Gasteiger partial charge in [-0.1, -0.05) is 12.2 Å². The van der Waals surface area contributed by atoms with Crippen molar-refractivity contribution in [1.29, 1.82) is 0 Å². The summed E-state index contributed by atoms with van der Waals surface area (Å²) >= 11 is 2.18. The summed E-state index contributed by atoms with van der Waals surface area (Å²) < 4.78 is 1.07. The van der Waals surface area contributed by atoms with Gasteiger partial charge in [0.2, 0.25) is 17.7 Å². The van der Waals surface area contributed by atoms with E-state index in [4.69, 9.17) is 0 Å². The van der Waals surface area contributed by atoms with E-state index in [1.807, 2.05) is 24.3 Å². The lowest BCUT2D eigenvalue weighted by Gasteiger charge is -2.16. The van der Waals surface area contributed by atoms with E-state index in [1.54, 1.807) is 12.1 Å². The van der Waals surface area contributed by atoms with Crippen LogP contribution >= 0.6 is 22.6 Å². The first-order valence-electron chi connectivity index (χ1n) is 7.63. The Morgan fingerprint density at radius 2 is 1.65 bits per heavy atom. The second kappa shape index (κ2) is 5.43. The smallest absolute Gasteiger partial charge is 0.244 e. The number of halogens is 1. The van der Waals surface area contributed by atoms with Crippen LogP contribution in [-0.4, -0.2) is 29.2 Å². The Hall–Kier alpha value is -1.70. The van der Waals surface area contributed by atoms with Gasteiger partial charge in [0.25, 0.3) is 0 Å². The molecule has 1 N–H and O–H groups in total. The topological polar surface area (TPSA) is 66.5 Å². The molecule has 2 aliphatic carbocycles. The van der Waals surface area contributed by atoms with Crippen LogP contribution in [0.3, 0.4) is 0 Å². The number of nitrogens with one attached hydrogen (secondary N) is 1. The summed E-state index contributed by atoms with van der Waals surface area (Å²) in [6.45, 7) is -0.198. The van der Waals surface area contributed by atoms with Gasteiger partial charge in [0.15, 0.2) is 0 Å². The maximum Gasteiger partial charge on any atom is 0.244 e. The summed E-state index contributed by atoms with van der Waals surface area (Å²) in [6.07, 6.45) is 4.99. The van der Waals surface area contributed by atoms with E-state index < -0.39 is 0 Å². The molecule has 6 heteroatoms. The zero-order valence-corrected chi connectivity index (χ0v) is 14.4. The van der Waals surface area contributed by atoms with Gasteiger partial charge in [-0.05, 0) is 65.1 Å². The van der Waals surface area contributed by atoms with Crippen molar-refractivity contribution in [3.63, 3.8) is 0 Å². The fraction of sp³-hybridized carbons (Fsp3) is 0.353. The maximum absolute atomic E-state index is 12.5. The summed E-state index contributed by atoms with van der Waals surface area (Å²) in [5.41, 5.74) is 0.663. The summed E-state index contributed by atoms with van der Waals surface area (Å²) in [7, 11) is 0. The molecule has 0 radical (unpaired) electrons. The lowest BCUT2D eigenvalue weighted by Crippen LogP contribution is -2.39.